The van der Waals surface area contributed by atoms with E-state index < -0.39 is 4.92 Å². The second-order valence-corrected chi connectivity index (χ2v) is 5.68. The minimum absolute atomic E-state index is 0.0198. The van der Waals surface area contributed by atoms with Gasteiger partial charge >= 0.3 is 0 Å². The molecule has 0 saturated carbocycles. The van der Waals surface area contributed by atoms with Gasteiger partial charge in [-0.25, -0.2) is 0 Å². The number of nitrogens with zero attached hydrogens (tertiary/aromatic N) is 6. The summed E-state index contributed by atoms with van der Waals surface area (Å²) in [5.74, 6) is 0.659. The van der Waals surface area contributed by atoms with E-state index in [1.165, 1.54) is 12.1 Å². The lowest BCUT2D eigenvalue weighted by Gasteiger charge is -2.20. The van der Waals surface area contributed by atoms with Crippen LogP contribution in [0.2, 0.25) is 0 Å². The second kappa shape index (κ2) is 8.17. The van der Waals surface area contributed by atoms with Gasteiger partial charge in [-0.2, -0.15) is 4.98 Å². The molecule has 1 N–H and O–H groups in total. The van der Waals surface area contributed by atoms with E-state index in [0.29, 0.717) is 17.1 Å². The number of benzene rings is 2. The Morgan fingerprint density at radius 1 is 1.04 bits per heavy atom. The van der Waals surface area contributed by atoms with Crippen molar-refractivity contribution in [2.45, 2.75) is 13.8 Å². The number of nitro groups is 1. The lowest BCUT2D eigenvalue weighted by molar-refractivity contribution is -0.384. The van der Waals surface area contributed by atoms with Crippen LogP contribution in [0.15, 0.2) is 58.8 Å². The second-order valence-electron chi connectivity index (χ2n) is 5.68. The van der Waals surface area contributed by atoms with Gasteiger partial charge in [0.15, 0.2) is 5.82 Å². The van der Waals surface area contributed by atoms with Gasteiger partial charge in [-0.15, -0.1) is 15.3 Å². The molecule has 3 aromatic rings. The molecule has 0 aliphatic rings. The highest BCUT2D eigenvalue weighted by Crippen LogP contribution is 2.23. The molecule has 1 aromatic heterocycles. The van der Waals surface area contributed by atoms with Crippen LogP contribution in [0.5, 0.6) is 0 Å². The first-order valence-electron chi connectivity index (χ1n) is 8.54. The molecule has 0 fully saturated rings. The van der Waals surface area contributed by atoms with Crippen LogP contribution in [-0.2, 0) is 0 Å². The van der Waals surface area contributed by atoms with E-state index in [9.17, 15) is 10.1 Å². The Balaban J connectivity index is 1.70. The van der Waals surface area contributed by atoms with Crippen LogP contribution >= 0.6 is 0 Å². The van der Waals surface area contributed by atoms with Gasteiger partial charge in [-0.05, 0) is 50.2 Å². The molecule has 3 rings (SSSR count). The summed E-state index contributed by atoms with van der Waals surface area (Å²) >= 11 is 0. The molecule has 0 atom stereocenters. The lowest BCUT2D eigenvalue weighted by atomic mass is 10.2. The molecule has 0 unspecified atom stereocenters. The molecule has 1 heterocycles. The van der Waals surface area contributed by atoms with Crippen LogP contribution in [0.25, 0.3) is 11.4 Å². The molecule has 0 bridgehead atoms. The molecule has 2 aromatic carbocycles. The zero-order valence-electron chi connectivity index (χ0n) is 15.0. The number of non-ortho nitro benzene ring substituents is 1. The number of aromatic nitrogens is 3. The third-order valence-corrected chi connectivity index (χ3v) is 4.06. The fourth-order valence-corrected chi connectivity index (χ4v) is 2.59. The minimum atomic E-state index is -0.449. The number of azo groups is 1. The van der Waals surface area contributed by atoms with E-state index in [4.69, 9.17) is 0 Å². The molecule has 138 valence electrons. The molecule has 9 heteroatoms. The summed E-state index contributed by atoms with van der Waals surface area (Å²) < 4.78 is 0. The summed E-state index contributed by atoms with van der Waals surface area (Å²) in [4.78, 5) is 16.7. The van der Waals surface area contributed by atoms with Crippen LogP contribution in [-0.4, -0.2) is 33.2 Å². The van der Waals surface area contributed by atoms with E-state index in [-0.39, 0.29) is 11.6 Å². The van der Waals surface area contributed by atoms with Crippen molar-refractivity contribution in [3.63, 3.8) is 0 Å². The quantitative estimate of drug-likeness (QED) is 0.372. The molecular weight excluding hydrogens is 346 g/mol. The standard InChI is InChI=1S/C18H19N7O2/c1-3-24(4-2)15-11-7-14(8-12-15)20-22-18-19-17(21-23-18)13-5-9-16(10-6-13)25(26)27/h5-12H,3-4H2,1-2H3,(H,19,21,23). The Morgan fingerprint density at radius 2 is 1.70 bits per heavy atom. The van der Waals surface area contributed by atoms with Crippen molar-refractivity contribution in [2.24, 2.45) is 10.2 Å². The van der Waals surface area contributed by atoms with Crippen LogP contribution < -0.4 is 4.90 Å². The molecule has 27 heavy (non-hydrogen) atoms. The third-order valence-electron chi connectivity index (χ3n) is 4.06. The zero-order chi connectivity index (χ0) is 19.2. The van der Waals surface area contributed by atoms with Crippen molar-refractivity contribution < 1.29 is 4.92 Å². The molecule has 9 nitrogen and oxygen atoms in total. The molecule has 0 aliphatic heterocycles. The number of hydrogen-bond donors (Lipinski definition) is 1. The average molecular weight is 365 g/mol. The summed E-state index contributed by atoms with van der Waals surface area (Å²) in [5.41, 5.74) is 2.54. The number of aromatic amines is 1. The number of H-pyrrole nitrogens is 1. The fraction of sp³-hybridized carbons (Fsp3) is 0.222. The van der Waals surface area contributed by atoms with Crippen molar-refractivity contribution in [3.8, 4) is 11.4 Å². The van der Waals surface area contributed by atoms with Crippen molar-refractivity contribution in [3.05, 3.63) is 58.6 Å². The Labute approximate surface area is 155 Å². The van der Waals surface area contributed by atoms with Crippen LogP contribution in [0.3, 0.4) is 0 Å². The number of hydrogen-bond acceptors (Lipinski definition) is 7. The predicted molar refractivity (Wildman–Crippen MR) is 103 cm³/mol. The van der Waals surface area contributed by atoms with Crippen LogP contribution in [0.4, 0.5) is 23.0 Å². The van der Waals surface area contributed by atoms with Crippen molar-refractivity contribution in [1.29, 1.82) is 0 Å². The van der Waals surface area contributed by atoms with E-state index in [1.807, 2.05) is 24.3 Å². The molecule has 0 amide bonds. The van der Waals surface area contributed by atoms with Gasteiger partial charge in [0, 0.05) is 36.5 Å². The van der Waals surface area contributed by atoms with Crippen LogP contribution in [0, 0.1) is 10.1 Å². The van der Waals surface area contributed by atoms with Gasteiger partial charge in [-0.3, -0.25) is 15.2 Å². The highest BCUT2D eigenvalue weighted by Gasteiger charge is 2.08. The first-order valence-corrected chi connectivity index (χ1v) is 8.54. The van der Waals surface area contributed by atoms with Crippen molar-refractivity contribution in [1.82, 2.24) is 15.2 Å². The molecule has 0 aliphatic carbocycles. The Morgan fingerprint density at radius 3 is 2.30 bits per heavy atom. The molecule has 0 spiro atoms. The summed E-state index contributed by atoms with van der Waals surface area (Å²) in [6, 6.07) is 13.8. The SMILES string of the molecule is CCN(CC)c1ccc(N=Nc2n[nH]c(-c3ccc([N+](=O)[O-])cc3)n2)cc1. The van der Waals surface area contributed by atoms with Gasteiger partial charge < -0.3 is 4.90 Å². The van der Waals surface area contributed by atoms with E-state index in [0.717, 1.165) is 18.8 Å². The fourth-order valence-electron chi connectivity index (χ4n) is 2.59. The monoisotopic (exact) mass is 365 g/mol. The van der Waals surface area contributed by atoms with Gasteiger partial charge in [0.05, 0.1) is 10.6 Å². The molecular formula is C18H19N7O2. The minimum Gasteiger partial charge on any atom is -0.372 e. The first-order chi connectivity index (χ1) is 13.1. The maximum absolute atomic E-state index is 10.7. The van der Waals surface area contributed by atoms with Crippen molar-refractivity contribution >= 4 is 23.0 Å². The first kappa shape index (κ1) is 18.2. The van der Waals surface area contributed by atoms with E-state index >= 15 is 0 Å². The van der Waals surface area contributed by atoms with E-state index in [2.05, 4.69) is 44.2 Å². The summed E-state index contributed by atoms with van der Waals surface area (Å²) in [6.07, 6.45) is 0. The predicted octanol–water partition coefficient (Wildman–Crippen LogP) is 4.64. The Hall–Kier alpha value is -3.62. The average Bonchev–Trinajstić information content (AvgIpc) is 3.17. The van der Waals surface area contributed by atoms with Gasteiger partial charge in [0.25, 0.3) is 11.6 Å². The summed E-state index contributed by atoms with van der Waals surface area (Å²) in [7, 11) is 0. The zero-order valence-corrected chi connectivity index (χ0v) is 15.0. The van der Waals surface area contributed by atoms with Crippen molar-refractivity contribution in [2.75, 3.05) is 18.0 Å². The topological polar surface area (TPSA) is 113 Å². The maximum atomic E-state index is 10.7. The third kappa shape index (κ3) is 4.32. The number of nitro benzene ring substituents is 1. The molecule has 0 radical (unpaired) electrons. The van der Waals surface area contributed by atoms with Gasteiger partial charge in [-0.1, -0.05) is 0 Å². The van der Waals surface area contributed by atoms with Crippen LogP contribution in [0.1, 0.15) is 13.8 Å². The number of anilines is 1. The molecule has 0 saturated heterocycles. The Bertz CT molecular complexity index is 929. The smallest absolute Gasteiger partial charge is 0.287 e. The summed E-state index contributed by atoms with van der Waals surface area (Å²) in [6.45, 7) is 6.12. The highest BCUT2D eigenvalue weighted by molar-refractivity contribution is 5.58. The van der Waals surface area contributed by atoms with Gasteiger partial charge in [0.1, 0.15) is 0 Å². The Kier molecular flexibility index (Phi) is 5.50. The number of rotatable bonds is 7. The number of nitrogens with one attached hydrogen (secondary N) is 1. The summed E-state index contributed by atoms with van der Waals surface area (Å²) in [5, 5.41) is 25.6. The highest BCUT2D eigenvalue weighted by atomic mass is 16.6. The normalized spacial score (nSPS) is 11.0. The lowest BCUT2D eigenvalue weighted by Crippen LogP contribution is -2.21. The van der Waals surface area contributed by atoms with E-state index in [1.54, 1.807) is 12.1 Å². The maximum Gasteiger partial charge on any atom is 0.287 e. The van der Waals surface area contributed by atoms with Gasteiger partial charge in [0.2, 0.25) is 0 Å². The largest absolute Gasteiger partial charge is 0.372 e.